The zero-order chi connectivity index (χ0) is 13.1. The molecule has 0 heterocycles. The van der Waals surface area contributed by atoms with E-state index in [-0.39, 0.29) is 5.91 Å². The second-order valence-electron chi connectivity index (χ2n) is 4.78. The maximum Gasteiger partial charge on any atom is 0.236 e. The van der Waals surface area contributed by atoms with Gasteiger partial charge in [-0.25, -0.2) is 0 Å². The van der Waals surface area contributed by atoms with Crippen molar-refractivity contribution in [3.63, 3.8) is 0 Å². The van der Waals surface area contributed by atoms with Crippen molar-refractivity contribution in [1.29, 1.82) is 0 Å². The first-order chi connectivity index (χ1) is 8.15. The van der Waals surface area contributed by atoms with Crippen LogP contribution >= 0.6 is 0 Å². The molecule has 0 bridgehead atoms. The molecular formula is C14H30N2O. The molecule has 0 aromatic heterocycles. The van der Waals surface area contributed by atoms with E-state index in [1.165, 1.54) is 0 Å². The van der Waals surface area contributed by atoms with Crippen molar-refractivity contribution in [3.05, 3.63) is 0 Å². The normalized spacial score (nSPS) is 12.5. The molecule has 17 heavy (non-hydrogen) atoms. The number of carbonyl (C=O) groups is 1. The van der Waals surface area contributed by atoms with Crippen molar-refractivity contribution < 1.29 is 4.79 Å². The van der Waals surface area contributed by atoms with Crippen LogP contribution < -0.4 is 5.32 Å². The van der Waals surface area contributed by atoms with Crippen molar-refractivity contribution in [3.8, 4) is 0 Å². The highest BCUT2D eigenvalue weighted by atomic mass is 16.2. The summed E-state index contributed by atoms with van der Waals surface area (Å²) in [7, 11) is 0. The monoisotopic (exact) mass is 242 g/mol. The van der Waals surface area contributed by atoms with Crippen LogP contribution in [0.2, 0.25) is 0 Å². The van der Waals surface area contributed by atoms with Gasteiger partial charge in [-0.05, 0) is 26.2 Å². The molecule has 0 aromatic rings. The van der Waals surface area contributed by atoms with Crippen molar-refractivity contribution in [2.24, 2.45) is 0 Å². The third-order valence-corrected chi connectivity index (χ3v) is 3.13. The Labute approximate surface area is 107 Å². The van der Waals surface area contributed by atoms with Gasteiger partial charge < -0.3 is 10.2 Å². The molecule has 0 saturated carbocycles. The Morgan fingerprint density at radius 3 is 2.06 bits per heavy atom. The Balaban J connectivity index is 4.02. The van der Waals surface area contributed by atoms with Crippen LogP contribution in [0.4, 0.5) is 0 Å². The second-order valence-corrected chi connectivity index (χ2v) is 4.78. The fourth-order valence-electron chi connectivity index (χ4n) is 1.58. The largest absolute Gasteiger partial charge is 0.342 e. The van der Waals surface area contributed by atoms with Gasteiger partial charge >= 0.3 is 0 Å². The van der Waals surface area contributed by atoms with Gasteiger partial charge in [-0.3, -0.25) is 4.79 Å². The van der Waals surface area contributed by atoms with Gasteiger partial charge in [-0.2, -0.15) is 0 Å². The molecule has 3 nitrogen and oxygen atoms in total. The van der Waals surface area contributed by atoms with Crippen molar-refractivity contribution in [2.45, 2.75) is 65.8 Å². The standard InChI is InChI=1S/C14H30N2O/c1-5-8-10-16(11-9-6-2)14(17)12-15-13(4)7-3/h13,15H,5-12H2,1-4H3. The van der Waals surface area contributed by atoms with E-state index in [4.69, 9.17) is 0 Å². The van der Waals surface area contributed by atoms with Gasteiger partial charge in [0, 0.05) is 19.1 Å². The molecular weight excluding hydrogens is 212 g/mol. The Morgan fingerprint density at radius 1 is 1.12 bits per heavy atom. The van der Waals surface area contributed by atoms with Gasteiger partial charge in [0.25, 0.3) is 0 Å². The summed E-state index contributed by atoms with van der Waals surface area (Å²) in [4.78, 5) is 14.1. The van der Waals surface area contributed by atoms with E-state index >= 15 is 0 Å². The lowest BCUT2D eigenvalue weighted by Crippen LogP contribution is -2.41. The van der Waals surface area contributed by atoms with Crippen LogP contribution in [0.15, 0.2) is 0 Å². The maximum absolute atomic E-state index is 12.0. The maximum atomic E-state index is 12.0. The summed E-state index contributed by atoms with van der Waals surface area (Å²) in [6.45, 7) is 10.9. The number of unbranched alkanes of at least 4 members (excludes halogenated alkanes) is 2. The third kappa shape index (κ3) is 8.19. The van der Waals surface area contributed by atoms with Gasteiger partial charge in [0.2, 0.25) is 5.91 Å². The van der Waals surface area contributed by atoms with Crippen LogP contribution in [-0.2, 0) is 4.79 Å². The Hall–Kier alpha value is -0.570. The van der Waals surface area contributed by atoms with Crippen LogP contribution in [-0.4, -0.2) is 36.5 Å². The summed E-state index contributed by atoms with van der Waals surface area (Å²) < 4.78 is 0. The molecule has 1 N–H and O–H groups in total. The zero-order valence-corrected chi connectivity index (χ0v) is 12.1. The van der Waals surface area contributed by atoms with E-state index in [0.29, 0.717) is 12.6 Å². The first-order valence-corrected chi connectivity index (χ1v) is 7.16. The highest BCUT2D eigenvalue weighted by Crippen LogP contribution is 2.00. The van der Waals surface area contributed by atoms with Crippen molar-refractivity contribution >= 4 is 5.91 Å². The molecule has 0 radical (unpaired) electrons. The summed E-state index contributed by atoms with van der Waals surface area (Å²) in [6, 6.07) is 0.429. The van der Waals surface area contributed by atoms with Crippen LogP contribution in [0.3, 0.4) is 0 Å². The average molecular weight is 242 g/mol. The van der Waals surface area contributed by atoms with Gasteiger partial charge in [-0.1, -0.05) is 33.6 Å². The number of rotatable bonds is 10. The summed E-state index contributed by atoms with van der Waals surface area (Å²) >= 11 is 0. The van der Waals surface area contributed by atoms with E-state index in [0.717, 1.165) is 45.2 Å². The fraction of sp³-hybridized carbons (Fsp3) is 0.929. The first-order valence-electron chi connectivity index (χ1n) is 7.16. The van der Waals surface area contributed by atoms with Gasteiger partial charge in [-0.15, -0.1) is 0 Å². The Kier molecular flexibility index (Phi) is 10.2. The molecule has 0 saturated heterocycles. The highest BCUT2D eigenvalue weighted by molar-refractivity contribution is 5.78. The molecule has 0 rings (SSSR count). The van der Waals surface area contributed by atoms with E-state index in [1.807, 2.05) is 4.90 Å². The van der Waals surface area contributed by atoms with E-state index in [9.17, 15) is 4.79 Å². The number of amides is 1. The molecule has 0 aliphatic carbocycles. The molecule has 1 atom stereocenters. The molecule has 3 heteroatoms. The quantitative estimate of drug-likeness (QED) is 0.639. The lowest BCUT2D eigenvalue weighted by atomic mass is 10.2. The number of carbonyl (C=O) groups excluding carboxylic acids is 1. The predicted octanol–water partition coefficient (Wildman–Crippen LogP) is 2.80. The second kappa shape index (κ2) is 10.6. The third-order valence-electron chi connectivity index (χ3n) is 3.13. The summed E-state index contributed by atoms with van der Waals surface area (Å²) in [5, 5.41) is 3.27. The van der Waals surface area contributed by atoms with Gasteiger partial charge in [0.15, 0.2) is 0 Å². The number of hydrogen-bond acceptors (Lipinski definition) is 2. The Bertz CT molecular complexity index is 187. The van der Waals surface area contributed by atoms with Crippen LogP contribution in [0, 0.1) is 0 Å². The minimum atomic E-state index is 0.257. The van der Waals surface area contributed by atoms with E-state index in [2.05, 4.69) is 33.0 Å². The van der Waals surface area contributed by atoms with Crippen LogP contribution in [0.1, 0.15) is 59.8 Å². The summed E-state index contributed by atoms with van der Waals surface area (Å²) in [6.07, 6.45) is 5.58. The predicted molar refractivity (Wildman–Crippen MR) is 74.2 cm³/mol. The zero-order valence-electron chi connectivity index (χ0n) is 12.1. The topological polar surface area (TPSA) is 32.3 Å². The molecule has 0 aliphatic heterocycles. The molecule has 0 aromatic carbocycles. The lowest BCUT2D eigenvalue weighted by Gasteiger charge is -2.23. The molecule has 0 spiro atoms. The van der Waals surface area contributed by atoms with Gasteiger partial charge in [0.1, 0.15) is 0 Å². The minimum Gasteiger partial charge on any atom is -0.342 e. The van der Waals surface area contributed by atoms with E-state index < -0.39 is 0 Å². The lowest BCUT2D eigenvalue weighted by molar-refractivity contribution is -0.130. The number of hydrogen-bond donors (Lipinski definition) is 1. The smallest absolute Gasteiger partial charge is 0.236 e. The summed E-state index contributed by atoms with van der Waals surface area (Å²) in [5.74, 6) is 0.257. The van der Waals surface area contributed by atoms with Gasteiger partial charge in [0.05, 0.1) is 6.54 Å². The first kappa shape index (κ1) is 16.4. The minimum absolute atomic E-state index is 0.257. The summed E-state index contributed by atoms with van der Waals surface area (Å²) in [5.41, 5.74) is 0. The van der Waals surface area contributed by atoms with Crippen molar-refractivity contribution in [2.75, 3.05) is 19.6 Å². The molecule has 0 aliphatic rings. The molecule has 102 valence electrons. The molecule has 1 amide bonds. The SMILES string of the molecule is CCCCN(CCCC)C(=O)CNC(C)CC. The fourth-order valence-corrected chi connectivity index (χ4v) is 1.58. The molecule has 0 fully saturated rings. The highest BCUT2D eigenvalue weighted by Gasteiger charge is 2.12. The number of nitrogens with one attached hydrogen (secondary N) is 1. The number of nitrogens with zero attached hydrogens (tertiary/aromatic N) is 1. The van der Waals surface area contributed by atoms with Crippen LogP contribution in [0.25, 0.3) is 0 Å². The molecule has 1 unspecified atom stereocenters. The average Bonchev–Trinajstić information content (AvgIpc) is 2.35. The van der Waals surface area contributed by atoms with E-state index in [1.54, 1.807) is 0 Å². The van der Waals surface area contributed by atoms with Crippen molar-refractivity contribution in [1.82, 2.24) is 10.2 Å². The van der Waals surface area contributed by atoms with Crippen LogP contribution in [0.5, 0.6) is 0 Å². The Morgan fingerprint density at radius 2 is 1.65 bits per heavy atom.